The first-order valence-corrected chi connectivity index (χ1v) is 5.51. The highest BCUT2D eigenvalue weighted by Gasteiger charge is 2.10. The molecular formula is C12H15FN4. The number of nitrogens with zero attached hydrogens (tertiary/aromatic N) is 3. The molecule has 0 spiro atoms. The second-order valence-corrected chi connectivity index (χ2v) is 4.44. The average Bonchev–Trinajstić information content (AvgIpc) is 2.69. The maximum Gasteiger partial charge on any atom is 0.163 e. The Morgan fingerprint density at radius 1 is 1.41 bits per heavy atom. The number of anilines is 1. The van der Waals surface area contributed by atoms with E-state index in [1.807, 2.05) is 4.57 Å². The molecule has 0 atom stereocenters. The Hall–Kier alpha value is -1.91. The van der Waals surface area contributed by atoms with E-state index in [-0.39, 0.29) is 5.69 Å². The number of aromatic nitrogens is 3. The molecule has 0 aliphatic heterocycles. The molecule has 90 valence electrons. The highest BCUT2D eigenvalue weighted by molar-refractivity contribution is 5.61. The van der Waals surface area contributed by atoms with Crippen molar-refractivity contribution in [2.24, 2.45) is 5.92 Å². The van der Waals surface area contributed by atoms with Crippen molar-refractivity contribution >= 4 is 5.69 Å². The lowest BCUT2D eigenvalue weighted by molar-refractivity contribution is 0.525. The predicted octanol–water partition coefficient (Wildman–Crippen LogP) is 2.32. The molecule has 17 heavy (non-hydrogen) atoms. The van der Waals surface area contributed by atoms with E-state index in [1.165, 1.54) is 6.07 Å². The Morgan fingerprint density at radius 3 is 2.82 bits per heavy atom. The molecule has 0 saturated carbocycles. The third-order valence-electron chi connectivity index (χ3n) is 2.43. The van der Waals surface area contributed by atoms with E-state index >= 15 is 0 Å². The summed E-state index contributed by atoms with van der Waals surface area (Å²) in [7, 11) is 0. The van der Waals surface area contributed by atoms with Crippen LogP contribution in [0, 0.1) is 11.7 Å². The van der Waals surface area contributed by atoms with Gasteiger partial charge in [-0.15, -0.1) is 10.2 Å². The van der Waals surface area contributed by atoms with Crippen molar-refractivity contribution in [1.82, 2.24) is 14.8 Å². The largest absolute Gasteiger partial charge is 0.396 e. The summed E-state index contributed by atoms with van der Waals surface area (Å²) in [6, 6.07) is 4.59. The van der Waals surface area contributed by atoms with Crippen LogP contribution in [-0.4, -0.2) is 14.8 Å². The molecule has 0 aliphatic carbocycles. The van der Waals surface area contributed by atoms with Crippen molar-refractivity contribution in [1.29, 1.82) is 0 Å². The fraction of sp³-hybridized carbons (Fsp3) is 0.333. The van der Waals surface area contributed by atoms with Gasteiger partial charge in [-0.2, -0.15) is 0 Å². The highest BCUT2D eigenvalue weighted by Crippen LogP contribution is 2.22. The summed E-state index contributed by atoms with van der Waals surface area (Å²) in [6.45, 7) is 5.05. The minimum absolute atomic E-state index is 0.126. The van der Waals surface area contributed by atoms with Crippen LogP contribution in [0.2, 0.25) is 0 Å². The Bertz CT molecular complexity index is 519. The number of nitrogens with two attached hydrogens (primary N) is 1. The molecule has 0 aliphatic rings. The van der Waals surface area contributed by atoms with Gasteiger partial charge in [0.2, 0.25) is 0 Å². The van der Waals surface area contributed by atoms with Crippen LogP contribution in [0.15, 0.2) is 24.5 Å². The summed E-state index contributed by atoms with van der Waals surface area (Å²) in [5.41, 5.74) is 6.45. The molecule has 0 fully saturated rings. The zero-order valence-corrected chi connectivity index (χ0v) is 9.89. The zero-order chi connectivity index (χ0) is 12.4. The zero-order valence-electron chi connectivity index (χ0n) is 9.89. The molecule has 4 nitrogen and oxygen atoms in total. The van der Waals surface area contributed by atoms with Gasteiger partial charge < -0.3 is 10.3 Å². The molecule has 1 aromatic carbocycles. The van der Waals surface area contributed by atoms with Crippen LogP contribution in [0.1, 0.15) is 13.8 Å². The van der Waals surface area contributed by atoms with Gasteiger partial charge in [-0.05, 0) is 24.1 Å². The second kappa shape index (κ2) is 4.53. The van der Waals surface area contributed by atoms with Gasteiger partial charge in [0.25, 0.3) is 0 Å². The van der Waals surface area contributed by atoms with E-state index in [0.29, 0.717) is 11.7 Å². The second-order valence-electron chi connectivity index (χ2n) is 4.44. The fourth-order valence-electron chi connectivity index (χ4n) is 1.69. The molecule has 5 heteroatoms. The summed E-state index contributed by atoms with van der Waals surface area (Å²) in [4.78, 5) is 0. The van der Waals surface area contributed by atoms with Gasteiger partial charge in [0.1, 0.15) is 12.1 Å². The third kappa shape index (κ3) is 2.43. The minimum Gasteiger partial charge on any atom is -0.396 e. The lowest BCUT2D eigenvalue weighted by atomic mass is 10.1. The lowest BCUT2D eigenvalue weighted by Gasteiger charge is -2.09. The van der Waals surface area contributed by atoms with Gasteiger partial charge in [0, 0.05) is 12.1 Å². The molecule has 2 N–H and O–H groups in total. The Kier molecular flexibility index (Phi) is 3.08. The van der Waals surface area contributed by atoms with Crippen LogP contribution >= 0.6 is 0 Å². The summed E-state index contributed by atoms with van der Waals surface area (Å²) < 4.78 is 15.0. The molecule has 0 unspecified atom stereocenters. The normalized spacial score (nSPS) is 11.1. The van der Waals surface area contributed by atoms with E-state index in [4.69, 9.17) is 5.73 Å². The van der Waals surface area contributed by atoms with Crippen LogP contribution in [0.4, 0.5) is 10.1 Å². The standard InChI is InChI=1S/C12H15FN4/c1-8(2)6-17-7-15-16-12(17)9-3-4-10(13)11(14)5-9/h3-5,7-8H,6,14H2,1-2H3. The molecular weight excluding hydrogens is 219 g/mol. The predicted molar refractivity (Wildman–Crippen MR) is 64.7 cm³/mol. The molecule has 2 aromatic rings. The van der Waals surface area contributed by atoms with Gasteiger partial charge in [0.15, 0.2) is 5.82 Å². The van der Waals surface area contributed by atoms with Crippen LogP contribution in [0.25, 0.3) is 11.4 Å². The van der Waals surface area contributed by atoms with Crippen molar-refractivity contribution in [3.8, 4) is 11.4 Å². The molecule has 0 radical (unpaired) electrons. The van der Waals surface area contributed by atoms with Crippen molar-refractivity contribution in [2.45, 2.75) is 20.4 Å². The van der Waals surface area contributed by atoms with Gasteiger partial charge in [-0.3, -0.25) is 0 Å². The van der Waals surface area contributed by atoms with E-state index < -0.39 is 5.82 Å². The van der Waals surface area contributed by atoms with Crippen LogP contribution in [-0.2, 0) is 6.54 Å². The first kappa shape index (κ1) is 11.6. The average molecular weight is 234 g/mol. The number of benzene rings is 1. The van der Waals surface area contributed by atoms with Crippen LogP contribution in [0.5, 0.6) is 0 Å². The molecule has 0 bridgehead atoms. The summed E-state index contributed by atoms with van der Waals surface area (Å²) in [5, 5.41) is 7.93. The van der Waals surface area contributed by atoms with Crippen molar-refractivity contribution in [2.75, 3.05) is 5.73 Å². The summed E-state index contributed by atoms with van der Waals surface area (Å²) in [5.74, 6) is 0.789. The van der Waals surface area contributed by atoms with E-state index in [9.17, 15) is 4.39 Å². The number of rotatable bonds is 3. The summed E-state index contributed by atoms with van der Waals surface area (Å²) >= 11 is 0. The Morgan fingerprint density at radius 2 is 2.18 bits per heavy atom. The first-order chi connectivity index (χ1) is 8.08. The lowest BCUT2D eigenvalue weighted by Crippen LogP contribution is -2.05. The molecule has 1 aromatic heterocycles. The van der Waals surface area contributed by atoms with Gasteiger partial charge in [-0.1, -0.05) is 13.8 Å². The number of halogens is 1. The quantitative estimate of drug-likeness (QED) is 0.829. The van der Waals surface area contributed by atoms with Crippen LogP contribution < -0.4 is 5.73 Å². The topological polar surface area (TPSA) is 56.7 Å². The van der Waals surface area contributed by atoms with E-state index in [2.05, 4.69) is 24.0 Å². The monoisotopic (exact) mass is 234 g/mol. The minimum atomic E-state index is -0.413. The SMILES string of the molecule is CC(C)Cn1cnnc1-c1ccc(F)c(N)c1. The van der Waals surface area contributed by atoms with Gasteiger partial charge in [0.05, 0.1) is 5.69 Å². The highest BCUT2D eigenvalue weighted by atomic mass is 19.1. The smallest absolute Gasteiger partial charge is 0.163 e. The molecule has 2 rings (SSSR count). The molecule has 1 heterocycles. The van der Waals surface area contributed by atoms with Crippen molar-refractivity contribution < 1.29 is 4.39 Å². The van der Waals surface area contributed by atoms with E-state index in [0.717, 1.165) is 12.1 Å². The van der Waals surface area contributed by atoms with E-state index in [1.54, 1.807) is 18.5 Å². The fourth-order valence-corrected chi connectivity index (χ4v) is 1.69. The molecule has 0 saturated heterocycles. The van der Waals surface area contributed by atoms with Crippen molar-refractivity contribution in [3.05, 3.63) is 30.3 Å². The maximum absolute atomic E-state index is 13.1. The number of nitrogen functional groups attached to an aromatic ring is 1. The van der Waals surface area contributed by atoms with Gasteiger partial charge >= 0.3 is 0 Å². The Balaban J connectivity index is 2.39. The van der Waals surface area contributed by atoms with Crippen LogP contribution in [0.3, 0.4) is 0 Å². The maximum atomic E-state index is 13.1. The molecule has 0 amide bonds. The van der Waals surface area contributed by atoms with Gasteiger partial charge in [-0.25, -0.2) is 4.39 Å². The first-order valence-electron chi connectivity index (χ1n) is 5.51. The summed E-state index contributed by atoms with van der Waals surface area (Å²) in [6.07, 6.45) is 1.68. The van der Waals surface area contributed by atoms with Crippen molar-refractivity contribution in [3.63, 3.8) is 0 Å². The Labute approximate surface area is 99.3 Å². The number of hydrogen-bond donors (Lipinski definition) is 1. The number of hydrogen-bond acceptors (Lipinski definition) is 3. The third-order valence-corrected chi connectivity index (χ3v) is 2.43.